The minimum atomic E-state index is -1.02. The molecule has 0 atom stereocenters. The molecule has 1 fully saturated rings. The summed E-state index contributed by atoms with van der Waals surface area (Å²) < 4.78 is 5.76. The average molecular weight is 523 g/mol. The number of amidine groups is 1. The van der Waals surface area contributed by atoms with Crippen LogP contribution in [0.2, 0.25) is 5.02 Å². The van der Waals surface area contributed by atoms with Crippen LogP contribution in [0.5, 0.6) is 5.75 Å². The molecule has 182 valence electrons. The van der Waals surface area contributed by atoms with Gasteiger partial charge in [-0.05, 0) is 77.5 Å². The number of carboxylic acid groups (broad SMARTS) is 2. The largest absolute Gasteiger partial charge is 0.487 e. The molecule has 1 saturated heterocycles. The van der Waals surface area contributed by atoms with Crippen molar-refractivity contribution in [2.45, 2.75) is 6.61 Å². The van der Waals surface area contributed by atoms with Gasteiger partial charge in [-0.3, -0.25) is 9.69 Å². The Morgan fingerprint density at radius 2 is 1.61 bits per heavy atom. The third kappa shape index (κ3) is 5.76. The standard InChI is InChI=1S/C26H19ClN2O6S/c1-29-23(30)22(36-26(29)28-19-9-7-18(8-10-19)25(33)34)13-16-4-11-21(20(27)12-16)35-14-15-2-5-17(6-3-15)24(31)32/h2-13H,14H2,1H3,(H,31,32)(H,33,34). The summed E-state index contributed by atoms with van der Waals surface area (Å²) in [6.07, 6.45) is 1.71. The summed E-state index contributed by atoms with van der Waals surface area (Å²) in [5, 5.41) is 18.8. The van der Waals surface area contributed by atoms with E-state index in [1.54, 1.807) is 55.6 Å². The van der Waals surface area contributed by atoms with E-state index < -0.39 is 11.9 Å². The van der Waals surface area contributed by atoms with E-state index in [1.807, 2.05) is 0 Å². The number of aromatic carboxylic acids is 2. The van der Waals surface area contributed by atoms with Crippen molar-refractivity contribution in [2.75, 3.05) is 7.05 Å². The molecule has 8 nitrogen and oxygen atoms in total. The molecule has 1 aliphatic rings. The van der Waals surface area contributed by atoms with Crippen LogP contribution < -0.4 is 4.74 Å². The number of amides is 1. The Hall–Kier alpha value is -4.08. The number of carboxylic acids is 2. The van der Waals surface area contributed by atoms with Crippen LogP contribution in [0, 0.1) is 0 Å². The Balaban J connectivity index is 1.45. The monoisotopic (exact) mass is 522 g/mol. The number of rotatable bonds is 7. The SMILES string of the molecule is CN1C(=O)C(=Cc2ccc(OCc3ccc(C(=O)O)cc3)c(Cl)c2)SC1=Nc1ccc(C(=O)O)cc1. The van der Waals surface area contributed by atoms with E-state index in [2.05, 4.69) is 4.99 Å². The zero-order chi connectivity index (χ0) is 25.8. The van der Waals surface area contributed by atoms with Crippen molar-refractivity contribution in [3.63, 3.8) is 0 Å². The molecule has 10 heteroatoms. The molecule has 1 aliphatic heterocycles. The van der Waals surface area contributed by atoms with Gasteiger partial charge in [0, 0.05) is 7.05 Å². The first-order valence-corrected chi connectivity index (χ1v) is 11.7. The molecule has 0 spiro atoms. The highest BCUT2D eigenvalue weighted by atomic mass is 35.5. The summed E-state index contributed by atoms with van der Waals surface area (Å²) in [6.45, 7) is 0.215. The lowest BCUT2D eigenvalue weighted by atomic mass is 10.1. The van der Waals surface area contributed by atoms with Crippen LogP contribution in [0.15, 0.2) is 76.6 Å². The van der Waals surface area contributed by atoms with Gasteiger partial charge >= 0.3 is 11.9 Å². The van der Waals surface area contributed by atoms with Crippen LogP contribution in [0.4, 0.5) is 5.69 Å². The Kier molecular flexibility index (Phi) is 7.42. The zero-order valence-electron chi connectivity index (χ0n) is 18.8. The van der Waals surface area contributed by atoms with Crippen LogP contribution in [0.1, 0.15) is 31.8 Å². The van der Waals surface area contributed by atoms with Crippen LogP contribution in [-0.4, -0.2) is 45.2 Å². The fraction of sp³-hybridized carbons (Fsp3) is 0.0769. The first kappa shape index (κ1) is 25.0. The molecule has 0 saturated carbocycles. The van der Waals surface area contributed by atoms with E-state index in [0.29, 0.717) is 32.1 Å². The van der Waals surface area contributed by atoms with Crippen LogP contribution >= 0.6 is 23.4 Å². The third-order valence-corrected chi connectivity index (χ3v) is 6.55. The number of nitrogens with zero attached hydrogens (tertiary/aromatic N) is 2. The predicted octanol–water partition coefficient (Wildman–Crippen LogP) is 5.55. The molecule has 0 aliphatic carbocycles. The van der Waals surface area contributed by atoms with Crippen LogP contribution in [0.25, 0.3) is 6.08 Å². The number of thioether (sulfide) groups is 1. The maximum absolute atomic E-state index is 12.7. The van der Waals surface area contributed by atoms with Gasteiger partial charge in [-0.25, -0.2) is 14.6 Å². The number of carbonyl (C=O) groups is 3. The predicted molar refractivity (Wildman–Crippen MR) is 138 cm³/mol. The lowest BCUT2D eigenvalue weighted by Crippen LogP contribution is -2.23. The number of aliphatic imine (C=N–C) groups is 1. The highest BCUT2D eigenvalue weighted by Crippen LogP contribution is 2.34. The minimum Gasteiger partial charge on any atom is -0.487 e. The molecule has 0 radical (unpaired) electrons. The van der Waals surface area contributed by atoms with Crippen LogP contribution in [0.3, 0.4) is 0 Å². The third-order valence-electron chi connectivity index (χ3n) is 5.19. The van der Waals surface area contributed by atoms with Crippen molar-refractivity contribution in [1.29, 1.82) is 0 Å². The van der Waals surface area contributed by atoms with Gasteiger partial charge in [0.1, 0.15) is 12.4 Å². The smallest absolute Gasteiger partial charge is 0.335 e. The number of carbonyl (C=O) groups excluding carboxylic acids is 1. The number of halogens is 1. The second kappa shape index (κ2) is 10.7. The van der Waals surface area contributed by atoms with E-state index in [-0.39, 0.29) is 23.6 Å². The average Bonchev–Trinajstić information content (AvgIpc) is 3.11. The topological polar surface area (TPSA) is 117 Å². The van der Waals surface area contributed by atoms with Crippen LogP contribution in [-0.2, 0) is 11.4 Å². The van der Waals surface area contributed by atoms with Gasteiger partial charge in [0.25, 0.3) is 5.91 Å². The van der Waals surface area contributed by atoms with Gasteiger partial charge in [-0.1, -0.05) is 29.8 Å². The first-order chi connectivity index (χ1) is 17.2. The Labute approximate surface area is 215 Å². The molecule has 3 aromatic carbocycles. The fourth-order valence-corrected chi connectivity index (χ4v) is 4.45. The second-order valence-electron chi connectivity index (χ2n) is 7.70. The van der Waals surface area contributed by atoms with E-state index >= 15 is 0 Å². The fourth-order valence-electron chi connectivity index (χ4n) is 3.22. The molecular weight excluding hydrogens is 504 g/mol. The molecule has 36 heavy (non-hydrogen) atoms. The molecule has 0 aromatic heterocycles. The Morgan fingerprint density at radius 3 is 2.19 bits per heavy atom. The molecule has 2 N–H and O–H groups in total. The summed E-state index contributed by atoms with van der Waals surface area (Å²) in [6, 6.07) is 17.6. The highest BCUT2D eigenvalue weighted by Gasteiger charge is 2.30. The van der Waals surface area contributed by atoms with Crippen molar-refractivity contribution < 1.29 is 29.3 Å². The summed E-state index contributed by atoms with van der Waals surface area (Å²) in [5.74, 6) is -1.78. The zero-order valence-corrected chi connectivity index (χ0v) is 20.4. The first-order valence-electron chi connectivity index (χ1n) is 10.6. The maximum Gasteiger partial charge on any atom is 0.335 e. The van der Waals surface area contributed by atoms with Gasteiger partial charge in [0.2, 0.25) is 0 Å². The number of likely N-dealkylation sites (N-methyl/N-ethyl adjacent to an activating group) is 1. The van der Waals surface area contributed by atoms with Gasteiger partial charge in [0.15, 0.2) is 5.17 Å². The van der Waals surface area contributed by atoms with Crippen molar-refractivity contribution in [2.24, 2.45) is 4.99 Å². The molecule has 3 aromatic rings. The van der Waals surface area contributed by atoms with E-state index in [0.717, 1.165) is 5.56 Å². The summed E-state index contributed by atoms with van der Waals surface area (Å²) in [4.78, 5) is 41.0. The van der Waals surface area contributed by atoms with Crippen molar-refractivity contribution in [3.05, 3.63) is 98.9 Å². The molecular formula is C26H19ClN2O6S. The lowest BCUT2D eigenvalue weighted by molar-refractivity contribution is -0.121. The van der Waals surface area contributed by atoms with Gasteiger partial charge < -0.3 is 14.9 Å². The van der Waals surface area contributed by atoms with Crippen molar-refractivity contribution in [3.8, 4) is 5.75 Å². The second-order valence-corrected chi connectivity index (χ2v) is 9.12. The number of hydrogen-bond donors (Lipinski definition) is 2. The molecule has 1 amide bonds. The molecule has 0 unspecified atom stereocenters. The van der Waals surface area contributed by atoms with E-state index in [9.17, 15) is 14.4 Å². The molecule has 4 rings (SSSR count). The maximum atomic E-state index is 12.7. The Morgan fingerprint density at radius 1 is 1.00 bits per heavy atom. The number of ether oxygens (including phenoxy) is 1. The van der Waals surface area contributed by atoms with E-state index in [4.69, 9.17) is 26.6 Å². The number of benzene rings is 3. The normalized spacial score (nSPS) is 15.5. The summed E-state index contributed by atoms with van der Waals surface area (Å²) >= 11 is 7.59. The summed E-state index contributed by atoms with van der Waals surface area (Å²) in [5.41, 5.74) is 2.38. The minimum absolute atomic E-state index is 0.156. The van der Waals surface area contributed by atoms with Crippen molar-refractivity contribution in [1.82, 2.24) is 4.90 Å². The molecule has 0 bridgehead atoms. The van der Waals surface area contributed by atoms with Crippen molar-refractivity contribution >= 4 is 58.1 Å². The quantitative estimate of drug-likeness (QED) is 0.391. The summed E-state index contributed by atoms with van der Waals surface area (Å²) in [7, 11) is 1.62. The molecule has 1 heterocycles. The van der Waals surface area contributed by atoms with Gasteiger partial charge in [-0.2, -0.15) is 0 Å². The van der Waals surface area contributed by atoms with Gasteiger partial charge in [0.05, 0.1) is 26.7 Å². The highest BCUT2D eigenvalue weighted by molar-refractivity contribution is 8.18. The van der Waals surface area contributed by atoms with Gasteiger partial charge in [-0.15, -0.1) is 0 Å². The van der Waals surface area contributed by atoms with E-state index in [1.165, 1.54) is 40.9 Å². The number of hydrogen-bond acceptors (Lipinski definition) is 6. The lowest BCUT2D eigenvalue weighted by Gasteiger charge is -2.09. The Bertz CT molecular complexity index is 1400.